The zero-order chi connectivity index (χ0) is 48.0. The molecule has 10 aromatic carbocycles. The fourth-order valence-electron chi connectivity index (χ4n) is 11.1. The molecule has 6 heteroatoms. The number of rotatable bonds is 14. The number of ether oxygens (including phenoxy) is 3. The molecule has 10 aromatic rings. The molecule has 0 amide bonds. The van der Waals surface area contributed by atoms with Crippen molar-refractivity contribution >= 4 is 77.7 Å². The molecule has 5 nitrogen and oxygen atoms in total. The average Bonchev–Trinajstić information content (AvgIpc) is 3.38. The van der Waals surface area contributed by atoms with E-state index in [1.807, 2.05) is 6.92 Å². The zero-order valence-electron chi connectivity index (χ0n) is 41.6. The summed E-state index contributed by atoms with van der Waals surface area (Å²) in [7, 11) is 0. The molecule has 348 valence electrons. The second-order valence-electron chi connectivity index (χ2n) is 19.3. The molecule has 2 N–H and O–H groups in total. The van der Waals surface area contributed by atoms with Crippen molar-refractivity contribution in [3.63, 3.8) is 0 Å². The highest BCUT2D eigenvalue weighted by Gasteiger charge is 2.31. The van der Waals surface area contributed by atoms with Crippen LogP contribution in [-0.2, 0) is 22.7 Å². The molecule has 11 rings (SSSR count). The molecular formula is C64H61BN2O3. The lowest BCUT2D eigenvalue weighted by atomic mass is 9.62. The van der Waals surface area contributed by atoms with Crippen LogP contribution >= 0.6 is 0 Å². The van der Waals surface area contributed by atoms with Gasteiger partial charge >= 0.3 is 6.98 Å². The monoisotopic (exact) mass is 916 g/mol. The largest absolute Gasteiger partial charge is 0.494 e. The standard InChI is InChI=1S/C64H61BN2O3/c1-8-27-68-37-59-41(6)52-35-58(61(36-53(52)42(7)60(59)38-69-28-9-2)65-66-62-19-13-17-43-18-14-20-63(67-65)64(43)62)57-34-51-40(5)22-21-39(4)50(51)33-56(57)55-32-45-16-12-11-15-44(45)31-54(55)48-24-23-47-30-49(70-10-3)26-25-46(47)29-48/h11-26,29-36,66-67H,8-10,27-28,37-38H2,1-7H3. The van der Waals surface area contributed by atoms with Crippen LogP contribution in [0.15, 0.2) is 146 Å². The third-order valence-corrected chi connectivity index (χ3v) is 14.8. The van der Waals surface area contributed by atoms with E-state index in [4.69, 9.17) is 14.2 Å². The van der Waals surface area contributed by atoms with Gasteiger partial charge in [0.05, 0.1) is 19.8 Å². The molecule has 0 saturated carbocycles. The van der Waals surface area contributed by atoms with Gasteiger partial charge in [-0.25, -0.2) is 0 Å². The quantitative estimate of drug-likeness (QED) is 0.0841. The van der Waals surface area contributed by atoms with Gasteiger partial charge < -0.3 is 24.7 Å². The van der Waals surface area contributed by atoms with E-state index in [-0.39, 0.29) is 6.98 Å². The van der Waals surface area contributed by atoms with Gasteiger partial charge in [0.15, 0.2) is 0 Å². The molecule has 0 aromatic heterocycles. The van der Waals surface area contributed by atoms with Gasteiger partial charge in [-0.15, -0.1) is 0 Å². The van der Waals surface area contributed by atoms with E-state index in [1.54, 1.807) is 0 Å². The van der Waals surface area contributed by atoms with Crippen LogP contribution in [0.1, 0.15) is 67.0 Å². The van der Waals surface area contributed by atoms with Gasteiger partial charge in [-0.1, -0.05) is 98.8 Å². The van der Waals surface area contributed by atoms with Crippen LogP contribution in [0.25, 0.3) is 87.2 Å². The predicted molar refractivity (Wildman–Crippen MR) is 299 cm³/mol. The molecular weight excluding hydrogens is 856 g/mol. The van der Waals surface area contributed by atoms with Gasteiger partial charge in [-0.05, 0) is 229 Å². The van der Waals surface area contributed by atoms with Gasteiger partial charge in [0.25, 0.3) is 0 Å². The van der Waals surface area contributed by atoms with E-state index in [2.05, 4.69) is 198 Å². The molecule has 0 unspecified atom stereocenters. The Hall–Kier alpha value is -7.12. The fourth-order valence-corrected chi connectivity index (χ4v) is 11.1. The summed E-state index contributed by atoms with van der Waals surface area (Å²) in [6, 6.07) is 54.6. The van der Waals surface area contributed by atoms with E-state index < -0.39 is 0 Å². The summed E-state index contributed by atoms with van der Waals surface area (Å²) in [5, 5.41) is 20.2. The number of aryl methyl sites for hydroxylation is 4. The smallest absolute Gasteiger partial charge is 0.406 e. The second kappa shape index (κ2) is 19.0. The number of hydrogen-bond acceptors (Lipinski definition) is 5. The van der Waals surface area contributed by atoms with Crippen molar-refractivity contribution in [3.8, 4) is 39.1 Å². The molecule has 0 radical (unpaired) electrons. The van der Waals surface area contributed by atoms with Crippen molar-refractivity contribution < 1.29 is 14.2 Å². The number of hydrogen-bond donors (Lipinski definition) is 2. The molecule has 1 aliphatic heterocycles. The number of nitrogens with one attached hydrogen (secondary N) is 2. The van der Waals surface area contributed by atoms with E-state index in [0.717, 1.165) is 35.4 Å². The Kier molecular flexibility index (Phi) is 12.3. The summed E-state index contributed by atoms with van der Waals surface area (Å²) in [5.74, 6) is 0.890. The van der Waals surface area contributed by atoms with Crippen LogP contribution < -0.4 is 20.7 Å². The Morgan fingerprint density at radius 2 is 0.957 bits per heavy atom. The summed E-state index contributed by atoms with van der Waals surface area (Å²) in [6.07, 6.45) is 1.93. The molecule has 0 atom stereocenters. The Bertz CT molecular complexity index is 3630. The predicted octanol–water partition coefficient (Wildman–Crippen LogP) is 16.2. The fraction of sp³-hybridized carbons (Fsp3) is 0.219. The van der Waals surface area contributed by atoms with Gasteiger partial charge in [-0.2, -0.15) is 0 Å². The molecule has 70 heavy (non-hydrogen) atoms. The summed E-state index contributed by atoms with van der Waals surface area (Å²) < 4.78 is 18.7. The maximum absolute atomic E-state index is 6.40. The normalized spacial score (nSPS) is 12.4. The Balaban J connectivity index is 1.22. The Morgan fingerprint density at radius 1 is 0.443 bits per heavy atom. The SMILES string of the molecule is CCCOCc1c(COCCC)c(C)c2cc(-c3cc4c(C)ccc(C)c4cc3-c3cc4ccccc4cc3-c3ccc4cc(OCC)ccc4c3)c(B3Nc4cccc5cccc(c45)N3)cc2c1C. The van der Waals surface area contributed by atoms with Crippen molar-refractivity contribution in [1.82, 2.24) is 0 Å². The van der Waals surface area contributed by atoms with E-state index in [9.17, 15) is 0 Å². The molecule has 0 saturated heterocycles. The first-order valence-electron chi connectivity index (χ1n) is 25.3. The van der Waals surface area contributed by atoms with Crippen LogP contribution in [0.5, 0.6) is 5.75 Å². The summed E-state index contributed by atoms with van der Waals surface area (Å²) in [4.78, 5) is 0. The highest BCUT2D eigenvalue weighted by atomic mass is 16.5. The van der Waals surface area contributed by atoms with Gasteiger partial charge in [0.1, 0.15) is 5.75 Å². The minimum atomic E-state index is -0.243. The van der Waals surface area contributed by atoms with Gasteiger partial charge in [0.2, 0.25) is 0 Å². The van der Waals surface area contributed by atoms with Gasteiger partial charge in [0, 0.05) is 30.0 Å². The van der Waals surface area contributed by atoms with E-state index in [1.165, 1.54) is 121 Å². The number of benzene rings is 10. The maximum Gasteiger partial charge on any atom is 0.406 e. The lowest BCUT2D eigenvalue weighted by Gasteiger charge is -2.30. The molecule has 1 aliphatic rings. The molecule has 0 bridgehead atoms. The molecule has 1 heterocycles. The summed E-state index contributed by atoms with van der Waals surface area (Å²) in [5.41, 5.74) is 18.0. The zero-order valence-corrected chi connectivity index (χ0v) is 41.6. The first-order valence-corrected chi connectivity index (χ1v) is 25.3. The highest BCUT2D eigenvalue weighted by molar-refractivity contribution is 6.81. The summed E-state index contributed by atoms with van der Waals surface area (Å²) >= 11 is 0. The Morgan fingerprint density at radius 3 is 1.57 bits per heavy atom. The highest BCUT2D eigenvalue weighted by Crippen LogP contribution is 2.46. The number of fused-ring (bicyclic) bond motifs is 4. The van der Waals surface area contributed by atoms with E-state index in [0.29, 0.717) is 33.0 Å². The van der Waals surface area contributed by atoms with Crippen LogP contribution in [0.2, 0.25) is 0 Å². The summed E-state index contributed by atoms with van der Waals surface area (Å²) in [6.45, 7) is 18.4. The minimum absolute atomic E-state index is 0.243. The molecule has 0 spiro atoms. The molecule has 0 fully saturated rings. The van der Waals surface area contributed by atoms with Crippen LogP contribution in [0.4, 0.5) is 11.4 Å². The Labute approximate surface area is 412 Å². The van der Waals surface area contributed by atoms with Crippen molar-refractivity contribution in [2.75, 3.05) is 30.3 Å². The van der Waals surface area contributed by atoms with Crippen LogP contribution in [-0.4, -0.2) is 26.8 Å². The molecule has 0 aliphatic carbocycles. The minimum Gasteiger partial charge on any atom is -0.494 e. The van der Waals surface area contributed by atoms with Crippen LogP contribution in [0.3, 0.4) is 0 Å². The van der Waals surface area contributed by atoms with Crippen molar-refractivity contribution in [2.24, 2.45) is 0 Å². The topological polar surface area (TPSA) is 51.8 Å². The lowest BCUT2D eigenvalue weighted by molar-refractivity contribution is 0.107. The van der Waals surface area contributed by atoms with Gasteiger partial charge in [-0.3, -0.25) is 0 Å². The third-order valence-electron chi connectivity index (χ3n) is 14.8. The van der Waals surface area contributed by atoms with E-state index >= 15 is 0 Å². The van der Waals surface area contributed by atoms with Crippen molar-refractivity contribution in [2.45, 2.75) is 74.5 Å². The lowest BCUT2D eigenvalue weighted by Crippen LogP contribution is -2.48. The van der Waals surface area contributed by atoms with Crippen LogP contribution in [0, 0.1) is 27.7 Å². The van der Waals surface area contributed by atoms with Crippen molar-refractivity contribution in [3.05, 3.63) is 179 Å². The second-order valence-corrected chi connectivity index (χ2v) is 19.3. The number of anilines is 2. The first kappa shape index (κ1) is 45.3. The van der Waals surface area contributed by atoms with Crippen molar-refractivity contribution in [1.29, 1.82) is 0 Å². The maximum atomic E-state index is 6.40. The first-order chi connectivity index (χ1) is 34.2. The average molecular weight is 917 g/mol. The third kappa shape index (κ3) is 8.13.